The molecular formula is C14H21N3OS. The van der Waals surface area contributed by atoms with E-state index < -0.39 is 0 Å². The number of nitrogens with zero attached hydrogens (tertiary/aromatic N) is 1. The van der Waals surface area contributed by atoms with Gasteiger partial charge in [0.25, 0.3) is 0 Å². The summed E-state index contributed by atoms with van der Waals surface area (Å²) < 4.78 is 0. The molecule has 2 aliphatic rings. The average molecular weight is 279 g/mol. The second kappa shape index (κ2) is 5.59. The van der Waals surface area contributed by atoms with Gasteiger partial charge < -0.3 is 11.1 Å². The second-order valence-corrected chi connectivity index (χ2v) is 6.61. The van der Waals surface area contributed by atoms with E-state index in [1.165, 1.54) is 30.6 Å². The minimum absolute atomic E-state index is 0.00497. The Labute approximate surface area is 117 Å². The fourth-order valence-electron chi connectivity index (χ4n) is 2.77. The summed E-state index contributed by atoms with van der Waals surface area (Å²) in [7, 11) is 0. The van der Waals surface area contributed by atoms with E-state index in [0.717, 1.165) is 36.5 Å². The Morgan fingerprint density at radius 2 is 2.05 bits per heavy atom. The quantitative estimate of drug-likeness (QED) is 0.836. The first-order valence-corrected chi connectivity index (χ1v) is 8.14. The zero-order valence-electron chi connectivity index (χ0n) is 11.1. The molecule has 2 saturated carbocycles. The van der Waals surface area contributed by atoms with E-state index in [-0.39, 0.29) is 17.9 Å². The van der Waals surface area contributed by atoms with Gasteiger partial charge in [-0.2, -0.15) is 0 Å². The Morgan fingerprint density at radius 1 is 1.26 bits per heavy atom. The lowest BCUT2D eigenvalue weighted by Crippen LogP contribution is -2.37. The van der Waals surface area contributed by atoms with Gasteiger partial charge in [-0.25, -0.2) is 4.98 Å². The highest BCUT2D eigenvalue weighted by Gasteiger charge is 2.29. The number of carbonyl (C=O) groups is 1. The van der Waals surface area contributed by atoms with E-state index >= 15 is 0 Å². The van der Waals surface area contributed by atoms with Crippen LogP contribution in [0.1, 0.15) is 56.6 Å². The van der Waals surface area contributed by atoms with E-state index in [2.05, 4.69) is 15.7 Å². The number of hydrogen-bond donors (Lipinski definition) is 2. The third-order valence-corrected chi connectivity index (χ3v) is 4.93. The third kappa shape index (κ3) is 3.15. The molecule has 1 amide bonds. The summed E-state index contributed by atoms with van der Waals surface area (Å²) in [6.07, 6.45) is 7.80. The van der Waals surface area contributed by atoms with Gasteiger partial charge in [-0.15, -0.1) is 11.3 Å². The van der Waals surface area contributed by atoms with Gasteiger partial charge >= 0.3 is 0 Å². The number of hydrogen-bond acceptors (Lipinski definition) is 4. The monoisotopic (exact) mass is 279 g/mol. The van der Waals surface area contributed by atoms with Crippen LogP contribution in [0.15, 0.2) is 5.38 Å². The normalized spacial score (nSPS) is 27.8. The molecule has 2 aliphatic carbocycles. The highest BCUT2D eigenvalue weighted by Crippen LogP contribution is 2.41. The first-order chi connectivity index (χ1) is 9.24. The number of rotatable bonds is 3. The van der Waals surface area contributed by atoms with E-state index in [1.807, 2.05) is 0 Å². The number of amides is 1. The Balaban J connectivity index is 1.62. The van der Waals surface area contributed by atoms with E-state index in [0.29, 0.717) is 5.92 Å². The smallest absolute Gasteiger partial charge is 0.230 e. The topological polar surface area (TPSA) is 68.0 Å². The predicted molar refractivity (Wildman–Crippen MR) is 77.3 cm³/mol. The van der Waals surface area contributed by atoms with Gasteiger partial charge in [0, 0.05) is 17.3 Å². The lowest BCUT2D eigenvalue weighted by Gasteiger charge is -2.19. The summed E-state index contributed by atoms with van der Waals surface area (Å²) in [5.41, 5.74) is 7.26. The molecule has 5 heteroatoms. The number of carbonyl (C=O) groups excluding carboxylic acids is 1. The maximum absolute atomic E-state index is 12.3. The summed E-state index contributed by atoms with van der Waals surface area (Å²) in [5.74, 6) is 0.656. The molecule has 3 rings (SSSR count). The first kappa shape index (κ1) is 13.1. The van der Waals surface area contributed by atoms with Crippen LogP contribution in [0.3, 0.4) is 0 Å². The van der Waals surface area contributed by atoms with Gasteiger partial charge in [0.2, 0.25) is 5.91 Å². The molecule has 1 aromatic rings. The maximum atomic E-state index is 12.3. The average Bonchev–Trinajstić information content (AvgIpc) is 3.17. The second-order valence-electron chi connectivity index (χ2n) is 5.75. The van der Waals surface area contributed by atoms with Crippen LogP contribution in [0.4, 0.5) is 5.13 Å². The standard InChI is InChI=1S/C14H21N3OS/c15-11-5-3-1-2-4-10(11)13(18)17-14-16-12(8-19-14)9-6-7-9/h8-11H,1-7,15H2,(H,16,17,18). The van der Waals surface area contributed by atoms with Crippen molar-refractivity contribution < 1.29 is 4.79 Å². The molecule has 0 aromatic carbocycles. The zero-order valence-corrected chi connectivity index (χ0v) is 11.9. The van der Waals surface area contributed by atoms with Crippen LogP contribution in [0.25, 0.3) is 0 Å². The number of nitrogens with two attached hydrogens (primary N) is 1. The minimum Gasteiger partial charge on any atom is -0.327 e. The Morgan fingerprint density at radius 3 is 2.84 bits per heavy atom. The van der Waals surface area contributed by atoms with E-state index in [4.69, 9.17) is 5.73 Å². The van der Waals surface area contributed by atoms with Crippen molar-refractivity contribution in [1.29, 1.82) is 0 Å². The largest absolute Gasteiger partial charge is 0.327 e. The molecule has 104 valence electrons. The van der Waals surface area contributed by atoms with Crippen LogP contribution in [0.5, 0.6) is 0 Å². The molecule has 0 aliphatic heterocycles. The number of anilines is 1. The Hall–Kier alpha value is -0.940. The fourth-order valence-corrected chi connectivity index (χ4v) is 3.57. The van der Waals surface area contributed by atoms with Crippen LogP contribution in [-0.2, 0) is 4.79 Å². The molecule has 3 N–H and O–H groups in total. The predicted octanol–water partition coefficient (Wildman–Crippen LogP) is 2.87. The Kier molecular flexibility index (Phi) is 3.84. The molecule has 1 heterocycles. The molecule has 4 nitrogen and oxygen atoms in total. The molecule has 2 atom stereocenters. The lowest BCUT2D eigenvalue weighted by molar-refractivity contribution is -0.120. The molecular weight excluding hydrogens is 258 g/mol. The van der Waals surface area contributed by atoms with Gasteiger partial charge in [0.15, 0.2) is 5.13 Å². The molecule has 0 spiro atoms. The molecule has 0 bridgehead atoms. The van der Waals surface area contributed by atoms with Crippen molar-refractivity contribution in [1.82, 2.24) is 4.98 Å². The van der Waals surface area contributed by atoms with Crippen molar-refractivity contribution in [2.75, 3.05) is 5.32 Å². The van der Waals surface area contributed by atoms with Crippen molar-refractivity contribution in [3.8, 4) is 0 Å². The third-order valence-electron chi connectivity index (χ3n) is 4.15. The lowest BCUT2D eigenvalue weighted by atomic mass is 9.95. The summed E-state index contributed by atoms with van der Waals surface area (Å²) in [5, 5.41) is 5.77. The first-order valence-electron chi connectivity index (χ1n) is 7.26. The molecule has 0 radical (unpaired) electrons. The molecule has 19 heavy (non-hydrogen) atoms. The summed E-state index contributed by atoms with van der Waals surface area (Å²) in [4.78, 5) is 16.8. The van der Waals surface area contributed by atoms with Crippen LogP contribution < -0.4 is 11.1 Å². The maximum Gasteiger partial charge on any atom is 0.230 e. The van der Waals surface area contributed by atoms with Gasteiger partial charge in [0.1, 0.15) is 0 Å². The number of nitrogens with one attached hydrogen (secondary N) is 1. The molecule has 0 saturated heterocycles. The van der Waals surface area contributed by atoms with Crippen LogP contribution >= 0.6 is 11.3 Å². The summed E-state index contributed by atoms with van der Waals surface area (Å²) in [6, 6.07) is 0.00497. The van der Waals surface area contributed by atoms with Gasteiger partial charge in [-0.1, -0.05) is 19.3 Å². The van der Waals surface area contributed by atoms with Crippen LogP contribution in [0.2, 0.25) is 0 Å². The minimum atomic E-state index is -0.0456. The summed E-state index contributed by atoms with van der Waals surface area (Å²) in [6.45, 7) is 0. The van der Waals surface area contributed by atoms with Crippen molar-refractivity contribution in [2.45, 2.75) is 56.9 Å². The van der Waals surface area contributed by atoms with Crippen LogP contribution in [-0.4, -0.2) is 16.9 Å². The molecule has 1 aromatic heterocycles. The zero-order chi connectivity index (χ0) is 13.2. The number of aromatic nitrogens is 1. The van der Waals surface area contributed by atoms with Crippen molar-refractivity contribution >= 4 is 22.4 Å². The SMILES string of the molecule is NC1CCCCCC1C(=O)Nc1nc(C2CC2)cs1. The van der Waals surface area contributed by atoms with E-state index in [9.17, 15) is 4.79 Å². The Bertz CT molecular complexity index is 455. The van der Waals surface area contributed by atoms with Gasteiger partial charge in [-0.05, 0) is 25.7 Å². The highest BCUT2D eigenvalue weighted by atomic mass is 32.1. The fraction of sp³-hybridized carbons (Fsp3) is 0.714. The van der Waals surface area contributed by atoms with Crippen LogP contribution in [0, 0.1) is 5.92 Å². The van der Waals surface area contributed by atoms with Gasteiger partial charge in [-0.3, -0.25) is 4.79 Å². The number of thiazole rings is 1. The van der Waals surface area contributed by atoms with Crippen molar-refractivity contribution in [3.05, 3.63) is 11.1 Å². The van der Waals surface area contributed by atoms with Crippen molar-refractivity contribution in [2.24, 2.45) is 11.7 Å². The molecule has 2 unspecified atom stereocenters. The highest BCUT2D eigenvalue weighted by molar-refractivity contribution is 7.13. The van der Waals surface area contributed by atoms with Gasteiger partial charge in [0.05, 0.1) is 11.6 Å². The van der Waals surface area contributed by atoms with Crippen molar-refractivity contribution in [3.63, 3.8) is 0 Å². The van der Waals surface area contributed by atoms with E-state index in [1.54, 1.807) is 0 Å². The molecule has 2 fully saturated rings. The summed E-state index contributed by atoms with van der Waals surface area (Å²) >= 11 is 1.53.